The Labute approximate surface area is 389 Å². The van der Waals surface area contributed by atoms with Crippen molar-refractivity contribution in [2.45, 2.75) is 340 Å². The molecule has 5 nitrogen and oxygen atoms in total. The Morgan fingerprint density at radius 2 is 0.661 bits per heavy atom. The number of aliphatic hydroxyl groups excluding tert-OH is 3. The highest BCUT2D eigenvalue weighted by molar-refractivity contribution is 5.76. The smallest absolute Gasteiger partial charge is 0.222 e. The third-order valence-electron chi connectivity index (χ3n) is 13.6. The molecule has 0 aliphatic carbocycles. The van der Waals surface area contributed by atoms with Gasteiger partial charge in [-0.15, -0.1) is 0 Å². The maximum Gasteiger partial charge on any atom is 0.222 e. The molecule has 370 valence electrons. The van der Waals surface area contributed by atoms with Crippen LogP contribution in [0.3, 0.4) is 0 Å². The van der Waals surface area contributed by atoms with Crippen LogP contribution in [0.25, 0.3) is 0 Å². The fourth-order valence-corrected chi connectivity index (χ4v) is 9.23. The number of carbonyl (C=O) groups excluding carboxylic acids is 1. The number of amides is 1. The van der Waals surface area contributed by atoms with Crippen LogP contribution >= 0.6 is 0 Å². The SMILES string of the molecule is CCCCCCCCCCCCCCCCC/C=C/C(O)C(CO)NC(=O)CC(O)CCCCCCCCCCCCCCCCCCCCCCCCCCCCCCCC. The molecule has 0 saturated heterocycles. The minimum absolute atomic E-state index is 0.0195. The normalized spacial score (nSPS) is 13.3. The number of hydrogen-bond acceptors (Lipinski definition) is 4. The lowest BCUT2D eigenvalue weighted by atomic mass is 10.0. The molecule has 0 rings (SSSR count). The molecular formula is C57H113NO4. The van der Waals surface area contributed by atoms with E-state index < -0.39 is 18.2 Å². The van der Waals surface area contributed by atoms with Crippen LogP contribution in [-0.2, 0) is 4.79 Å². The zero-order chi connectivity index (χ0) is 45.1. The molecule has 0 fully saturated rings. The van der Waals surface area contributed by atoms with Crippen LogP contribution in [0.1, 0.15) is 322 Å². The average Bonchev–Trinajstić information content (AvgIpc) is 3.27. The van der Waals surface area contributed by atoms with Crippen LogP contribution in [-0.4, -0.2) is 46.1 Å². The molecule has 0 spiro atoms. The number of rotatable bonds is 53. The Balaban J connectivity index is 3.49. The third-order valence-corrected chi connectivity index (χ3v) is 13.6. The third kappa shape index (κ3) is 48.5. The summed E-state index contributed by atoms with van der Waals surface area (Å²) in [4.78, 5) is 12.5. The minimum atomic E-state index is -0.925. The standard InChI is InChI=1S/C57H113NO4/c1-3-5-7-9-11-13-15-17-19-21-22-23-24-25-26-27-28-29-30-31-32-33-35-36-38-40-42-44-46-48-50-54(60)52-57(62)58-55(53-59)56(61)51-49-47-45-43-41-39-37-34-20-18-16-14-12-10-8-6-4-2/h49,51,54-56,59-61H,3-48,50,52-53H2,1-2H3,(H,58,62)/b51-49+. The first kappa shape index (κ1) is 61.1. The Morgan fingerprint density at radius 3 is 0.935 bits per heavy atom. The molecule has 3 atom stereocenters. The molecular weight excluding hydrogens is 763 g/mol. The molecule has 0 bridgehead atoms. The summed E-state index contributed by atoms with van der Waals surface area (Å²) in [5.41, 5.74) is 0. The Kier molecular flexibility index (Phi) is 51.9. The van der Waals surface area contributed by atoms with Crippen molar-refractivity contribution in [3.8, 4) is 0 Å². The summed E-state index contributed by atoms with van der Waals surface area (Å²) >= 11 is 0. The monoisotopic (exact) mass is 876 g/mol. The summed E-state index contributed by atoms with van der Waals surface area (Å²) in [5.74, 6) is -0.308. The van der Waals surface area contributed by atoms with E-state index in [0.717, 1.165) is 25.7 Å². The van der Waals surface area contributed by atoms with Gasteiger partial charge in [0.2, 0.25) is 5.91 Å². The van der Waals surface area contributed by atoms with Crippen molar-refractivity contribution in [3.63, 3.8) is 0 Å². The van der Waals surface area contributed by atoms with Gasteiger partial charge in [0.15, 0.2) is 0 Å². The largest absolute Gasteiger partial charge is 0.394 e. The lowest BCUT2D eigenvalue weighted by molar-refractivity contribution is -0.124. The van der Waals surface area contributed by atoms with Crippen molar-refractivity contribution in [1.82, 2.24) is 5.32 Å². The molecule has 62 heavy (non-hydrogen) atoms. The fourth-order valence-electron chi connectivity index (χ4n) is 9.23. The molecule has 0 radical (unpaired) electrons. The quantitative estimate of drug-likeness (QED) is 0.0362. The summed E-state index contributed by atoms with van der Waals surface area (Å²) < 4.78 is 0. The topological polar surface area (TPSA) is 89.8 Å². The average molecular weight is 877 g/mol. The zero-order valence-electron chi connectivity index (χ0n) is 42.3. The number of aliphatic hydroxyl groups is 3. The first-order chi connectivity index (χ1) is 30.5. The van der Waals surface area contributed by atoms with Gasteiger partial charge in [0, 0.05) is 0 Å². The van der Waals surface area contributed by atoms with E-state index in [9.17, 15) is 20.1 Å². The van der Waals surface area contributed by atoms with Crippen molar-refractivity contribution < 1.29 is 20.1 Å². The second-order valence-corrected chi connectivity index (χ2v) is 19.9. The van der Waals surface area contributed by atoms with Gasteiger partial charge in [-0.1, -0.05) is 309 Å². The number of carbonyl (C=O) groups is 1. The predicted molar refractivity (Wildman–Crippen MR) is 273 cm³/mol. The van der Waals surface area contributed by atoms with E-state index in [4.69, 9.17) is 0 Å². The van der Waals surface area contributed by atoms with Crippen molar-refractivity contribution in [3.05, 3.63) is 12.2 Å². The molecule has 1 amide bonds. The molecule has 5 heteroatoms. The summed E-state index contributed by atoms with van der Waals surface area (Å²) in [6, 6.07) is -0.740. The highest BCUT2D eigenvalue weighted by Gasteiger charge is 2.20. The van der Waals surface area contributed by atoms with Gasteiger partial charge in [0.25, 0.3) is 0 Å². The summed E-state index contributed by atoms with van der Waals surface area (Å²) in [6.07, 6.45) is 65.5. The van der Waals surface area contributed by atoms with Gasteiger partial charge in [-0.3, -0.25) is 4.79 Å². The van der Waals surface area contributed by atoms with E-state index in [1.807, 2.05) is 6.08 Å². The molecule has 0 heterocycles. The van der Waals surface area contributed by atoms with E-state index in [0.29, 0.717) is 6.42 Å². The Morgan fingerprint density at radius 1 is 0.403 bits per heavy atom. The number of nitrogens with one attached hydrogen (secondary N) is 1. The van der Waals surface area contributed by atoms with Gasteiger partial charge >= 0.3 is 0 Å². The zero-order valence-corrected chi connectivity index (χ0v) is 42.3. The fraction of sp³-hybridized carbons (Fsp3) is 0.947. The van der Waals surface area contributed by atoms with Crippen LogP contribution < -0.4 is 5.32 Å². The highest BCUT2D eigenvalue weighted by atomic mass is 16.3. The van der Waals surface area contributed by atoms with Crippen LogP contribution in [0.15, 0.2) is 12.2 Å². The van der Waals surface area contributed by atoms with Gasteiger partial charge < -0.3 is 20.6 Å². The molecule has 3 unspecified atom stereocenters. The predicted octanol–water partition coefficient (Wildman–Crippen LogP) is 17.5. The van der Waals surface area contributed by atoms with E-state index in [2.05, 4.69) is 19.2 Å². The van der Waals surface area contributed by atoms with E-state index in [-0.39, 0.29) is 18.9 Å². The molecule has 0 aromatic heterocycles. The molecule has 0 aliphatic rings. The maximum atomic E-state index is 12.5. The summed E-state index contributed by atoms with van der Waals surface area (Å²) in [5, 5.41) is 33.4. The second kappa shape index (κ2) is 52.7. The second-order valence-electron chi connectivity index (χ2n) is 19.9. The van der Waals surface area contributed by atoms with Crippen molar-refractivity contribution >= 4 is 5.91 Å². The highest BCUT2D eigenvalue weighted by Crippen LogP contribution is 2.18. The first-order valence-corrected chi connectivity index (χ1v) is 28.5. The van der Waals surface area contributed by atoms with Crippen molar-refractivity contribution in [2.24, 2.45) is 0 Å². The van der Waals surface area contributed by atoms with Crippen LogP contribution in [0.4, 0.5) is 0 Å². The van der Waals surface area contributed by atoms with E-state index in [1.165, 1.54) is 270 Å². The van der Waals surface area contributed by atoms with Crippen LogP contribution in [0, 0.1) is 0 Å². The first-order valence-electron chi connectivity index (χ1n) is 28.5. The van der Waals surface area contributed by atoms with Gasteiger partial charge in [0.05, 0.1) is 31.3 Å². The number of allylic oxidation sites excluding steroid dienone is 1. The molecule has 0 aromatic carbocycles. The molecule has 0 aromatic rings. The number of hydrogen-bond donors (Lipinski definition) is 4. The van der Waals surface area contributed by atoms with E-state index >= 15 is 0 Å². The van der Waals surface area contributed by atoms with Gasteiger partial charge in [-0.2, -0.15) is 0 Å². The minimum Gasteiger partial charge on any atom is -0.394 e. The summed E-state index contributed by atoms with van der Waals surface area (Å²) in [6.45, 7) is 4.25. The van der Waals surface area contributed by atoms with Gasteiger partial charge in [-0.25, -0.2) is 0 Å². The van der Waals surface area contributed by atoms with Crippen molar-refractivity contribution in [1.29, 1.82) is 0 Å². The van der Waals surface area contributed by atoms with Crippen molar-refractivity contribution in [2.75, 3.05) is 6.61 Å². The lowest BCUT2D eigenvalue weighted by Gasteiger charge is -2.21. The molecule has 0 aliphatic heterocycles. The maximum absolute atomic E-state index is 12.5. The van der Waals surface area contributed by atoms with Gasteiger partial charge in [-0.05, 0) is 19.3 Å². The van der Waals surface area contributed by atoms with Gasteiger partial charge in [0.1, 0.15) is 0 Å². The molecule has 0 saturated carbocycles. The van der Waals surface area contributed by atoms with Crippen LogP contribution in [0.5, 0.6) is 0 Å². The Bertz CT molecular complexity index is 879. The van der Waals surface area contributed by atoms with Crippen LogP contribution in [0.2, 0.25) is 0 Å². The summed E-state index contributed by atoms with van der Waals surface area (Å²) in [7, 11) is 0. The van der Waals surface area contributed by atoms with E-state index in [1.54, 1.807) is 6.08 Å². The lowest BCUT2D eigenvalue weighted by Crippen LogP contribution is -2.45. The Hall–Kier alpha value is -0.910. The molecule has 4 N–H and O–H groups in total. The number of unbranched alkanes of at least 4 members (excludes halogenated alkanes) is 44.